The molecule has 0 heterocycles. The molecule has 0 aromatic rings. The van der Waals surface area contributed by atoms with E-state index in [1.165, 1.54) is 0 Å². The number of fused-ring (bicyclic) bond motifs is 5. The summed E-state index contributed by atoms with van der Waals surface area (Å²) < 4.78 is 115. The van der Waals surface area contributed by atoms with Gasteiger partial charge in [-0.15, -0.1) is 0 Å². The Morgan fingerprint density at radius 2 is 1.49 bits per heavy atom. The van der Waals surface area contributed by atoms with E-state index in [4.69, 9.17) is 8.37 Å². The first kappa shape index (κ1) is 36.9. The van der Waals surface area contributed by atoms with E-state index in [0.717, 1.165) is 36.8 Å². The second kappa shape index (κ2) is 12.2. The van der Waals surface area contributed by atoms with Crippen LogP contribution in [0.5, 0.6) is 0 Å². The summed E-state index contributed by atoms with van der Waals surface area (Å²) in [6, 6.07) is 0. The molecule has 0 aromatic carbocycles. The molecule has 0 aromatic heterocycles. The highest BCUT2D eigenvalue weighted by Crippen LogP contribution is 2.72. The van der Waals surface area contributed by atoms with E-state index in [2.05, 4.69) is 44.5 Å². The summed E-state index contributed by atoms with van der Waals surface area (Å²) in [4.78, 5) is 0. The summed E-state index contributed by atoms with van der Waals surface area (Å²) >= 11 is 0. The van der Waals surface area contributed by atoms with Gasteiger partial charge in [-0.1, -0.05) is 58.4 Å². The summed E-state index contributed by atoms with van der Waals surface area (Å²) in [5.41, 5.74) is 0.0707. The predicted octanol–water partition coefficient (Wildman–Crippen LogP) is 4.34. The number of aliphatic hydroxyl groups excluding tert-OH is 1. The van der Waals surface area contributed by atoms with Crippen LogP contribution < -0.4 is 0 Å². The molecule has 4 aliphatic rings. The van der Waals surface area contributed by atoms with Crippen molar-refractivity contribution >= 4 is 31.2 Å². The van der Waals surface area contributed by atoms with Crippen molar-refractivity contribution in [3.8, 4) is 0 Å². The Kier molecular flexibility index (Phi) is 9.98. The number of hydrogen-bond acceptors (Lipinski definition) is 10. The van der Waals surface area contributed by atoms with Crippen LogP contribution in [0.4, 0.5) is 0 Å². The van der Waals surface area contributed by atoms with Crippen LogP contribution in [0.25, 0.3) is 0 Å². The monoisotopic (exact) mass is 700 g/mol. The Morgan fingerprint density at radius 1 is 0.933 bits per heavy atom. The lowest BCUT2D eigenvalue weighted by Gasteiger charge is -2.63. The average molecular weight is 701 g/mol. The van der Waals surface area contributed by atoms with Gasteiger partial charge in [-0.25, -0.2) is 12.5 Å². The number of allylic oxidation sites excluding steroid dienone is 3. The molecule has 0 radical (unpaired) electrons. The zero-order chi connectivity index (χ0) is 34.1. The normalized spacial score (nSPS) is 41.7. The van der Waals surface area contributed by atoms with E-state index in [-0.39, 0.29) is 24.2 Å². The molecule has 260 valence electrons. The van der Waals surface area contributed by atoms with Crippen molar-refractivity contribution in [1.82, 2.24) is 0 Å². The summed E-state index contributed by atoms with van der Waals surface area (Å²) in [6.45, 7) is 16.6. The zero-order valence-electron chi connectivity index (χ0n) is 26.6. The van der Waals surface area contributed by atoms with Crippen molar-refractivity contribution in [2.45, 2.75) is 111 Å². The number of rotatable bonds is 11. The minimum atomic E-state index is -5.28. The molecule has 0 amide bonds. The van der Waals surface area contributed by atoms with Gasteiger partial charge in [-0.2, -0.15) is 25.3 Å². The van der Waals surface area contributed by atoms with Gasteiger partial charge < -0.3 is 5.11 Å². The fraction of sp³-hybridized carbons (Fsp3) is 0.862. The molecule has 13 nitrogen and oxygen atoms in total. The molecular weight excluding hydrogens is 653 g/mol. The molecule has 4 rings (SSSR count). The minimum absolute atomic E-state index is 0.0469. The number of hydrogen-bond donors (Lipinski definition) is 4. The van der Waals surface area contributed by atoms with E-state index in [9.17, 15) is 44.0 Å². The lowest BCUT2D eigenvalue weighted by Crippen LogP contribution is -2.65. The maximum atomic E-state index is 12.1. The van der Waals surface area contributed by atoms with Crippen LogP contribution in [0.1, 0.15) is 86.5 Å². The van der Waals surface area contributed by atoms with E-state index >= 15 is 0 Å². The Bertz CT molecular complexity index is 1520. The van der Waals surface area contributed by atoms with Gasteiger partial charge in [0.2, 0.25) is 0 Å². The van der Waals surface area contributed by atoms with Gasteiger partial charge in [0.15, 0.2) is 0 Å². The molecule has 45 heavy (non-hydrogen) atoms. The van der Waals surface area contributed by atoms with Gasteiger partial charge in [0.05, 0.1) is 12.2 Å². The van der Waals surface area contributed by atoms with Gasteiger partial charge in [-0.3, -0.25) is 13.7 Å². The zero-order valence-corrected chi connectivity index (χ0v) is 29.1. The first-order chi connectivity index (χ1) is 20.3. The van der Waals surface area contributed by atoms with Crippen LogP contribution in [0.15, 0.2) is 23.8 Å². The van der Waals surface area contributed by atoms with Crippen LogP contribution >= 0.6 is 0 Å². The van der Waals surface area contributed by atoms with Crippen molar-refractivity contribution in [2.24, 2.45) is 45.8 Å². The molecule has 0 saturated heterocycles. The topological polar surface area (TPSA) is 211 Å². The lowest BCUT2D eigenvalue weighted by molar-refractivity contribution is -0.179. The Labute approximate surface area is 267 Å². The molecule has 3 fully saturated rings. The molecule has 12 atom stereocenters. The number of aliphatic hydroxyl groups is 1. The van der Waals surface area contributed by atoms with Crippen molar-refractivity contribution in [2.75, 3.05) is 0 Å². The van der Waals surface area contributed by atoms with Gasteiger partial charge in [-0.05, 0) is 91.8 Å². The molecule has 4 aliphatic carbocycles. The van der Waals surface area contributed by atoms with Crippen LogP contribution in [0.3, 0.4) is 0 Å². The minimum Gasteiger partial charge on any atom is -0.390 e. The molecule has 0 aliphatic heterocycles. The molecule has 4 N–H and O–H groups in total. The second-order valence-electron chi connectivity index (χ2n) is 14.7. The fourth-order valence-corrected chi connectivity index (χ4v) is 11.2. The third kappa shape index (κ3) is 7.10. The highest BCUT2D eigenvalue weighted by Gasteiger charge is 2.68. The highest BCUT2D eigenvalue weighted by molar-refractivity contribution is 7.81. The standard InChI is InChI=1S/C29H48O13S3/c1-16(2)17(3)8-9-18(4)19-10-12-29(7)21-14-22(40-43(31,32)33)24-25(30)26(42-45(37,38)39)23(41-44(34,35)36)15-27(24,5)20(21)11-13-28(19,29)6/h11,17-19,21-26,30H,1,8-10,12-15H2,2-7H3,(H,31,32,33)(H,34,35,36)(H,37,38,39)/t17?,18-,19-,21-,22+,23+,24+,25-,26-,27-,28-,29+/m1/s1. The van der Waals surface area contributed by atoms with Gasteiger partial charge in [0, 0.05) is 5.92 Å². The van der Waals surface area contributed by atoms with Crippen molar-refractivity contribution in [3.05, 3.63) is 23.8 Å². The second-order valence-corrected chi connectivity index (χ2v) is 17.8. The van der Waals surface area contributed by atoms with Gasteiger partial charge >= 0.3 is 31.2 Å². The van der Waals surface area contributed by atoms with E-state index in [1.807, 2.05) is 6.92 Å². The maximum absolute atomic E-state index is 12.1. The summed E-state index contributed by atoms with van der Waals surface area (Å²) in [7, 11) is -15.6. The Balaban J connectivity index is 1.80. The quantitative estimate of drug-likeness (QED) is 0.175. The molecule has 0 spiro atoms. The Hall–Kier alpha value is -0.950. The molecule has 1 unspecified atom stereocenters. The van der Waals surface area contributed by atoms with Gasteiger partial charge in [0.1, 0.15) is 12.2 Å². The van der Waals surface area contributed by atoms with Crippen molar-refractivity contribution < 1.29 is 56.6 Å². The highest BCUT2D eigenvalue weighted by atomic mass is 32.3. The molecule has 16 heteroatoms. The average Bonchev–Trinajstić information content (AvgIpc) is 3.13. The summed E-state index contributed by atoms with van der Waals surface area (Å²) in [5.74, 6) is -0.461. The van der Waals surface area contributed by atoms with Gasteiger partial charge in [0.25, 0.3) is 0 Å². The lowest BCUT2D eigenvalue weighted by atomic mass is 9.43. The van der Waals surface area contributed by atoms with Crippen molar-refractivity contribution in [1.29, 1.82) is 0 Å². The molecular formula is C29H48O13S3. The third-order valence-corrected chi connectivity index (χ3v) is 13.7. The molecule has 3 saturated carbocycles. The van der Waals surface area contributed by atoms with E-state index in [0.29, 0.717) is 24.2 Å². The third-order valence-electron chi connectivity index (χ3n) is 12.3. The predicted molar refractivity (Wildman–Crippen MR) is 164 cm³/mol. The Morgan fingerprint density at radius 3 is 2.02 bits per heavy atom. The first-order valence-corrected chi connectivity index (χ1v) is 19.4. The van der Waals surface area contributed by atoms with Crippen LogP contribution in [0.2, 0.25) is 0 Å². The summed E-state index contributed by atoms with van der Waals surface area (Å²) in [6.07, 6.45) is -1.06. The van der Waals surface area contributed by atoms with E-state index < -0.39 is 72.4 Å². The first-order valence-electron chi connectivity index (χ1n) is 15.3. The fourth-order valence-electron chi connectivity index (χ4n) is 9.69. The van der Waals surface area contributed by atoms with E-state index in [1.54, 1.807) is 6.92 Å². The van der Waals surface area contributed by atoms with Crippen LogP contribution in [-0.4, -0.2) is 68.4 Å². The molecule has 0 bridgehead atoms. The maximum Gasteiger partial charge on any atom is 0.397 e. The van der Waals surface area contributed by atoms with Crippen LogP contribution in [-0.2, 0) is 43.7 Å². The summed E-state index contributed by atoms with van der Waals surface area (Å²) in [5, 5.41) is 11.5. The largest absolute Gasteiger partial charge is 0.397 e. The van der Waals surface area contributed by atoms with Crippen molar-refractivity contribution in [3.63, 3.8) is 0 Å². The smallest absolute Gasteiger partial charge is 0.390 e. The van der Waals surface area contributed by atoms with Crippen LogP contribution in [0, 0.1) is 45.8 Å². The SMILES string of the molecule is C=C(C)C(C)CC[C@@H](C)[C@H]1CC[C@@]2(C)[C@@H]3C[C@H](OS(=O)(=O)O)[C@H]4[C@@H](O)[C@H](OS(=O)(=O)O)[C@@H](OS(=O)(=O)O)C[C@]4(C)C3=CC[C@]12C.